The van der Waals surface area contributed by atoms with Gasteiger partial charge in [-0.3, -0.25) is 0 Å². The van der Waals surface area contributed by atoms with Gasteiger partial charge in [-0.2, -0.15) is 14.6 Å². The van der Waals surface area contributed by atoms with E-state index in [1.807, 2.05) is 35.2 Å². The fourth-order valence-electron chi connectivity index (χ4n) is 3.77. The van der Waals surface area contributed by atoms with E-state index < -0.39 is 10.0 Å². The van der Waals surface area contributed by atoms with Gasteiger partial charge >= 0.3 is 0 Å². The molecule has 0 unspecified atom stereocenters. The minimum Gasteiger partial charge on any atom is -0.486 e. The molecule has 0 aliphatic carbocycles. The summed E-state index contributed by atoms with van der Waals surface area (Å²) in [6.45, 7) is 2.09. The highest BCUT2D eigenvalue weighted by Gasteiger charge is 2.32. The van der Waals surface area contributed by atoms with Crippen LogP contribution in [0.4, 0.5) is 5.88 Å². The number of sulfonamides is 1. The second kappa shape index (κ2) is 8.18. The molecule has 3 heterocycles. The normalized spacial score (nSPS) is 16.5. The molecule has 0 bridgehead atoms. The summed E-state index contributed by atoms with van der Waals surface area (Å²) in [5, 5.41) is 9.51. The van der Waals surface area contributed by atoms with Gasteiger partial charge in [0.15, 0.2) is 11.5 Å². The summed E-state index contributed by atoms with van der Waals surface area (Å²) in [6.07, 6.45) is 0. The van der Waals surface area contributed by atoms with Gasteiger partial charge in [0.2, 0.25) is 27.5 Å². The summed E-state index contributed by atoms with van der Waals surface area (Å²) in [5.41, 5.74) is 0.960. The van der Waals surface area contributed by atoms with E-state index in [0.29, 0.717) is 49.6 Å². The number of ether oxygens (including phenoxy) is 2. The Morgan fingerprint density at radius 1 is 0.938 bits per heavy atom. The first-order chi connectivity index (χ1) is 15.6. The summed E-state index contributed by atoms with van der Waals surface area (Å²) in [5.74, 6) is 1.71. The Kier molecular flexibility index (Phi) is 5.20. The molecule has 9 nitrogen and oxygen atoms in total. The zero-order valence-corrected chi connectivity index (χ0v) is 17.9. The molecule has 1 saturated heterocycles. The first-order valence-corrected chi connectivity index (χ1v) is 11.6. The maximum atomic E-state index is 13.2. The topological polar surface area (TPSA) is 109 Å². The van der Waals surface area contributed by atoms with E-state index in [9.17, 15) is 13.7 Å². The number of anilines is 1. The van der Waals surface area contributed by atoms with Crippen LogP contribution in [0.3, 0.4) is 0 Å². The van der Waals surface area contributed by atoms with Gasteiger partial charge in [0.05, 0.1) is 4.90 Å². The van der Waals surface area contributed by atoms with Crippen LogP contribution >= 0.6 is 0 Å². The lowest BCUT2D eigenvalue weighted by atomic mass is 10.2. The standard InChI is InChI=1S/C22H20N4O5S/c23-15-18-22(31-21(24-18)16-4-2-1-3-5-16)25-8-10-26(11-9-25)32(27,28)17-6-7-19-20(14-17)30-13-12-29-19/h1-7,14H,8-13H2. The highest BCUT2D eigenvalue weighted by atomic mass is 32.2. The third kappa shape index (κ3) is 3.66. The summed E-state index contributed by atoms with van der Waals surface area (Å²) in [7, 11) is -3.69. The third-order valence-corrected chi connectivity index (χ3v) is 7.31. The molecular formula is C22H20N4O5S. The average molecular weight is 452 g/mol. The monoisotopic (exact) mass is 452 g/mol. The Bertz CT molecular complexity index is 1280. The number of rotatable bonds is 4. The molecular weight excluding hydrogens is 432 g/mol. The Morgan fingerprint density at radius 2 is 1.66 bits per heavy atom. The first-order valence-electron chi connectivity index (χ1n) is 10.2. The quantitative estimate of drug-likeness (QED) is 0.594. The van der Waals surface area contributed by atoms with Crippen molar-refractivity contribution in [3.05, 3.63) is 54.2 Å². The molecule has 0 spiro atoms. The molecule has 3 aromatic rings. The number of benzene rings is 2. The number of hydrogen-bond acceptors (Lipinski definition) is 8. The third-order valence-electron chi connectivity index (χ3n) is 5.41. The van der Waals surface area contributed by atoms with Gasteiger partial charge in [0, 0.05) is 37.8 Å². The lowest BCUT2D eigenvalue weighted by molar-refractivity contribution is 0.171. The maximum Gasteiger partial charge on any atom is 0.243 e. The Hall–Kier alpha value is -3.55. The number of nitriles is 1. The lowest BCUT2D eigenvalue weighted by Gasteiger charge is -2.33. The average Bonchev–Trinajstić information content (AvgIpc) is 3.29. The van der Waals surface area contributed by atoms with Gasteiger partial charge < -0.3 is 18.8 Å². The summed E-state index contributed by atoms with van der Waals surface area (Å²) < 4.78 is 44.6. The van der Waals surface area contributed by atoms with Crippen molar-refractivity contribution < 1.29 is 22.3 Å². The van der Waals surface area contributed by atoms with E-state index in [4.69, 9.17) is 13.9 Å². The van der Waals surface area contributed by atoms with Crippen LogP contribution in [-0.4, -0.2) is 57.1 Å². The van der Waals surface area contributed by atoms with Crippen molar-refractivity contribution in [2.24, 2.45) is 0 Å². The molecule has 32 heavy (non-hydrogen) atoms. The van der Waals surface area contributed by atoms with Crippen LogP contribution in [0.1, 0.15) is 5.69 Å². The zero-order chi connectivity index (χ0) is 22.1. The minimum atomic E-state index is -3.69. The molecule has 1 fully saturated rings. The van der Waals surface area contributed by atoms with Gasteiger partial charge in [-0.15, -0.1) is 0 Å². The summed E-state index contributed by atoms with van der Waals surface area (Å²) >= 11 is 0. The molecule has 5 rings (SSSR count). The second-order valence-electron chi connectivity index (χ2n) is 7.35. The molecule has 2 aliphatic heterocycles. The SMILES string of the molecule is N#Cc1nc(-c2ccccc2)oc1N1CCN(S(=O)(=O)c2ccc3c(c2)OCCO3)CC1. The zero-order valence-electron chi connectivity index (χ0n) is 17.1. The van der Waals surface area contributed by atoms with Crippen LogP contribution < -0.4 is 14.4 Å². The smallest absolute Gasteiger partial charge is 0.243 e. The largest absolute Gasteiger partial charge is 0.486 e. The van der Waals surface area contributed by atoms with Crippen molar-refractivity contribution in [3.63, 3.8) is 0 Å². The predicted octanol–water partition coefficient (Wildman–Crippen LogP) is 2.50. The number of hydrogen-bond donors (Lipinski definition) is 0. The fourth-order valence-corrected chi connectivity index (χ4v) is 5.21. The Balaban J connectivity index is 1.33. The molecule has 1 aromatic heterocycles. The van der Waals surface area contributed by atoms with Gasteiger partial charge in [-0.1, -0.05) is 18.2 Å². The Labute approximate surface area is 185 Å². The van der Waals surface area contributed by atoms with E-state index in [0.717, 1.165) is 5.56 Å². The highest BCUT2D eigenvalue weighted by molar-refractivity contribution is 7.89. The van der Waals surface area contributed by atoms with E-state index in [1.165, 1.54) is 16.4 Å². The number of nitrogens with zero attached hydrogens (tertiary/aromatic N) is 4. The summed E-state index contributed by atoms with van der Waals surface area (Å²) in [6, 6.07) is 16.1. The van der Waals surface area contributed by atoms with Crippen molar-refractivity contribution in [1.82, 2.24) is 9.29 Å². The lowest BCUT2D eigenvalue weighted by Crippen LogP contribution is -2.48. The molecule has 0 amide bonds. The number of fused-ring (bicyclic) bond motifs is 1. The fraction of sp³-hybridized carbons (Fsp3) is 0.273. The van der Waals surface area contributed by atoms with Crippen molar-refractivity contribution in [3.8, 4) is 29.0 Å². The Morgan fingerprint density at radius 3 is 2.38 bits per heavy atom. The summed E-state index contributed by atoms with van der Waals surface area (Å²) in [4.78, 5) is 6.32. The maximum absolute atomic E-state index is 13.2. The van der Waals surface area contributed by atoms with Crippen LogP contribution in [0.25, 0.3) is 11.5 Å². The molecule has 2 aromatic carbocycles. The van der Waals surface area contributed by atoms with E-state index in [1.54, 1.807) is 6.07 Å². The molecule has 0 radical (unpaired) electrons. The number of oxazole rings is 1. The molecule has 10 heteroatoms. The highest BCUT2D eigenvalue weighted by Crippen LogP contribution is 2.34. The van der Waals surface area contributed by atoms with Gasteiger partial charge in [0.25, 0.3) is 0 Å². The van der Waals surface area contributed by atoms with Crippen molar-refractivity contribution in [1.29, 1.82) is 5.26 Å². The van der Waals surface area contributed by atoms with Crippen LogP contribution in [-0.2, 0) is 10.0 Å². The second-order valence-corrected chi connectivity index (χ2v) is 9.29. The van der Waals surface area contributed by atoms with Crippen LogP contribution in [0.15, 0.2) is 57.8 Å². The van der Waals surface area contributed by atoms with Crippen LogP contribution in [0.2, 0.25) is 0 Å². The van der Waals surface area contributed by atoms with E-state index in [2.05, 4.69) is 11.1 Å². The molecule has 2 aliphatic rings. The van der Waals surface area contributed by atoms with Gasteiger partial charge in [-0.25, -0.2) is 8.42 Å². The van der Waals surface area contributed by atoms with Crippen molar-refractivity contribution >= 4 is 15.9 Å². The van der Waals surface area contributed by atoms with Crippen LogP contribution in [0.5, 0.6) is 11.5 Å². The molecule has 0 saturated carbocycles. The number of piperazine rings is 1. The first kappa shape index (κ1) is 20.4. The van der Waals surface area contributed by atoms with E-state index >= 15 is 0 Å². The minimum absolute atomic E-state index is 0.166. The van der Waals surface area contributed by atoms with Crippen molar-refractivity contribution in [2.75, 3.05) is 44.3 Å². The molecule has 0 N–H and O–H groups in total. The number of aromatic nitrogens is 1. The molecule has 0 atom stereocenters. The van der Waals surface area contributed by atoms with Gasteiger partial charge in [-0.05, 0) is 24.3 Å². The predicted molar refractivity (Wildman–Crippen MR) is 115 cm³/mol. The van der Waals surface area contributed by atoms with E-state index in [-0.39, 0.29) is 23.7 Å². The van der Waals surface area contributed by atoms with Crippen molar-refractivity contribution in [2.45, 2.75) is 4.90 Å². The van der Waals surface area contributed by atoms with Crippen LogP contribution in [0, 0.1) is 11.3 Å². The molecule has 164 valence electrons. The van der Waals surface area contributed by atoms with Gasteiger partial charge in [0.1, 0.15) is 19.3 Å².